The largest absolute Gasteiger partial charge is 0.393 e. The molecule has 2 saturated carbocycles. The first-order valence-electron chi connectivity index (χ1n) is 7.11. The van der Waals surface area contributed by atoms with E-state index in [2.05, 4.69) is 15.6 Å². The van der Waals surface area contributed by atoms with E-state index >= 15 is 0 Å². The molecule has 0 spiro atoms. The average Bonchev–Trinajstić information content (AvgIpc) is 2.69. The van der Waals surface area contributed by atoms with Gasteiger partial charge in [-0.3, -0.25) is 4.79 Å². The third kappa shape index (κ3) is 2.88. The lowest BCUT2D eigenvalue weighted by atomic mass is 9.82. The summed E-state index contributed by atoms with van der Waals surface area (Å²) in [5, 5.41) is 16.1. The van der Waals surface area contributed by atoms with Gasteiger partial charge in [-0.05, 0) is 38.0 Å². The summed E-state index contributed by atoms with van der Waals surface area (Å²) in [6.45, 7) is 0.596. The molecule has 0 atom stereocenters. The second kappa shape index (κ2) is 5.57. The fraction of sp³-hybridized carbons (Fsp3) is 0.692. The molecule has 1 heterocycles. The second-order valence-corrected chi connectivity index (χ2v) is 6.71. The van der Waals surface area contributed by atoms with Crippen molar-refractivity contribution in [3.05, 3.63) is 4.88 Å². The van der Waals surface area contributed by atoms with Crippen LogP contribution in [-0.4, -0.2) is 34.7 Å². The fourth-order valence-corrected chi connectivity index (χ4v) is 3.35. The first kappa shape index (κ1) is 13.6. The number of amides is 1. The van der Waals surface area contributed by atoms with E-state index in [-0.39, 0.29) is 12.0 Å². The van der Waals surface area contributed by atoms with Crippen molar-refractivity contribution in [3.8, 4) is 0 Å². The van der Waals surface area contributed by atoms with Crippen LogP contribution in [0.4, 0.5) is 10.9 Å². The molecule has 5 N–H and O–H groups in total. The predicted molar refractivity (Wildman–Crippen MR) is 78.9 cm³/mol. The summed E-state index contributed by atoms with van der Waals surface area (Å²) in [4.78, 5) is 16.8. The average molecular weight is 296 g/mol. The van der Waals surface area contributed by atoms with E-state index in [9.17, 15) is 9.90 Å². The number of anilines is 2. The van der Waals surface area contributed by atoms with Gasteiger partial charge in [0.05, 0.1) is 6.10 Å². The van der Waals surface area contributed by atoms with Crippen LogP contribution in [0.25, 0.3) is 0 Å². The molecule has 0 aromatic carbocycles. The van der Waals surface area contributed by atoms with Crippen LogP contribution in [0, 0.1) is 5.92 Å². The molecule has 0 aliphatic heterocycles. The molecule has 20 heavy (non-hydrogen) atoms. The zero-order chi connectivity index (χ0) is 14.1. The lowest BCUT2D eigenvalue weighted by molar-refractivity contribution is 0.0420. The molecule has 6 nitrogen and oxygen atoms in total. The third-order valence-corrected chi connectivity index (χ3v) is 5.06. The van der Waals surface area contributed by atoms with Crippen molar-refractivity contribution in [3.63, 3.8) is 0 Å². The van der Waals surface area contributed by atoms with E-state index in [0.29, 0.717) is 29.2 Å². The number of aliphatic hydroxyl groups is 1. The monoisotopic (exact) mass is 296 g/mol. The highest BCUT2D eigenvalue weighted by molar-refractivity contribution is 7.18. The van der Waals surface area contributed by atoms with Crippen LogP contribution in [-0.2, 0) is 0 Å². The van der Waals surface area contributed by atoms with Crippen molar-refractivity contribution in [2.24, 2.45) is 5.92 Å². The van der Waals surface area contributed by atoms with Crippen LogP contribution in [0.5, 0.6) is 0 Å². The van der Waals surface area contributed by atoms with Crippen molar-refractivity contribution in [2.75, 3.05) is 17.6 Å². The number of nitrogens with zero attached hydrogens (tertiary/aromatic N) is 1. The molecule has 1 amide bonds. The Labute approximate surface area is 121 Å². The van der Waals surface area contributed by atoms with Crippen molar-refractivity contribution < 1.29 is 9.90 Å². The number of nitrogen functional groups attached to an aromatic ring is 1. The summed E-state index contributed by atoms with van der Waals surface area (Å²) in [5.41, 5.74) is 5.81. The number of hydrogen-bond acceptors (Lipinski definition) is 6. The number of aliphatic hydroxyl groups excluding tert-OH is 1. The molecule has 0 bridgehead atoms. The molecule has 7 heteroatoms. The van der Waals surface area contributed by atoms with E-state index in [1.165, 1.54) is 17.8 Å². The highest BCUT2D eigenvalue weighted by Gasteiger charge is 2.28. The number of carbonyl (C=O) groups excluding carboxylic acids is 1. The highest BCUT2D eigenvalue weighted by atomic mass is 32.1. The van der Waals surface area contributed by atoms with Gasteiger partial charge >= 0.3 is 0 Å². The molecule has 0 unspecified atom stereocenters. The van der Waals surface area contributed by atoms with Gasteiger partial charge in [0, 0.05) is 12.6 Å². The van der Waals surface area contributed by atoms with Gasteiger partial charge < -0.3 is 21.5 Å². The van der Waals surface area contributed by atoms with E-state index in [1.54, 1.807) is 0 Å². The minimum atomic E-state index is -0.191. The number of thiazole rings is 1. The summed E-state index contributed by atoms with van der Waals surface area (Å²) in [5.74, 6) is 0.515. The van der Waals surface area contributed by atoms with Crippen LogP contribution in [0.1, 0.15) is 41.8 Å². The molecule has 1 aromatic rings. The molecule has 2 aliphatic rings. The number of nitrogens with one attached hydrogen (secondary N) is 2. The quantitative estimate of drug-likeness (QED) is 0.654. The smallest absolute Gasteiger partial charge is 0.265 e. The van der Waals surface area contributed by atoms with Gasteiger partial charge in [0.1, 0.15) is 10.7 Å². The van der Waals surface area contributed by atoms with Gasteiger partial charge in [-0.1, -0.05) is 11.3 Å². The number of rotatable bonds is 5. The second-order valence-electron chi connectivity index (χ2n) is 5.71. The molecule has 3 rings (SSSR count). The first-order valence-corrected chi connectivity index (χ1v) is 7.92. The van der Waals surface area contributed by atoms with Crippen LogP contribution < -0.4 is 16.4 Å². The topological polar surface area (TPSA) is 100 Å². The summed E-state index contributed by atoms with van der Waals surface area (Å²) in [6.07, 6.45) is 4.92. The first-order chi connectivity index (χ1) is 9.61. The van der Waals surface area contributed by atoms with Gasteiger partial charge in [-0.2, -0.15) is 0 Å². The van der Waals surface area contributed by atoms with E-state index in [0.717, 1.165) is 30.8 Å². The summed E-state index contributed by atoms with van der Waals surface area (Å²) < 4.78 is 0. The molecular weight excluding hydrogens is 276 g/mol. The highest BCUT2D eigenvalue weighted by Crippen LogP contribution is 2.30. The molecule has 0 saturated heterocycles. The van der Waals surface area contributed by atoms with Crippen LogP contribution in [0.15, 0.2) is 0 Å². The maximum atomic E-state index is 12.1. The number of hydrogen-bond donors (Lipinski definition) is 4. The minimum Gasteiger partial charge on any atom is -0.393 e. The summed E-state index contributed by atoms with van der Waals surface area (Å²) in [7, 11) is 0. The number of aromatic nitrogens is 1. The van der Waals surface area contributed by atoms with Gasteiger partial charge in [-0.15, -0.1) is 0 Å². The predicted octanol–water partition coefficient (Wildman–Crippen LogP) is 1.19. The Morgan fingerprint density at radius 3 is 2.80 bits per heavy atom. The van der Waals surface area contributed by atoms with Crippen molar-refractivity contribution >= 4 is 28.2 Å². The van der Waals surface area contributed by atoms with Crippen molar-refractivity contribution in [1.29, 1.82) is 0 Å². The molecular formula is C13H20N4O2S. The minimum absolute atomic E-state index is 0.164. The molecule has 0 radical (unpaired) electrons. The van der Waals surface area contributed by atoms with Gasteiger partial charge in [0.25, 0.3) is 5.91 Å². The van der Waals surface area contributed by atoms with E-state index < -0.39 is 0 Å². The van der Waals surface area contributed by atoms with Gasteiger partial charge in [0.2, 0.25) is 0 Å². The normalized spacial score (nSPS) is 25.6. The number of nitrogens with two attached hydrogens (primary N) is 1. The molecule has 2 fully saturated rings. The Kier molecular flexibility index (Phi) is 3.80. The lowest BCUT2D eigenvalue weighted by Crippen LogP contribution is -2.38. The van der Waals surface area contributed by atoms with E-state index in [4.69, 9.17) is 5.73 Å². The Hall–Kier alpha value is -1.34. The zero-order valence-electron chi connectivity index (χ0n) is 11.3. The summed E-state index contributed by atoms with van der Waals surface area (Å²) >= 11 is 1.31. The summed E-state index contributed by atoms with van der Waals surface area (Å²) in [6, 6.07) is 0.480. The van der Waals surface area contributed by atoms with Gasteiger partial charge in [-0.25, -0.2) is 4.98 Å². The fourth-order valence-electron chi connectivity index (χ4n) is 2.47. The third-order valence-electron chi connectivity index (χ3n) is 4.05. The maximum Gasteiger partial charge on any atom is 0.265 e. The lowest BCUT2D eigenvalue weighted by Gasteiger charge is -2.31. The molecule has 1 aromatic heterocycles. The number of carbonyl (C=O) groups is 1. The van der Waals surface area contributed by atoms with Crippen LogP contribution in [0.2, 0.25) is 0 Å². The van der Waals surface area contributed by atoms with Crippen LogP contribution in [0.3, 0.4) is 0 Å². The Morgan fingerprint density at radius 1 is 1.45 bits per heavy atom. The SMILES string of the molecule is Nc1nc(NC2CCC2)sc1C(=O)NCC1CC(O)C1. The maximum absolute atomic E-state index is 12.1. The molecule has 2 aliphatic carbocycles. The molecule has 110 valence electrons. The Morgan fingerprint density at radius 2 is 2.20 bits per heavy atom. The Bertz CT molecular complexity index is 495. The van der Waals surface area contributed by atoms with Gasteiger partial charge in [0.15, 0.2) is 5.13 Å². The Balaban J connectivity index is 1.53. The van der Waals surface area contributed by atoms with Crippen LogP contribution >= 0.6 is 11.3 Å². The zero-order valence-corrected chi connectivity index (χ0v) is 12.1. The van der Waals surface area contributed by atoms with Crippen molar-refractivity contribution in [1.82, 2.24) is 10.3 Å². The van der Waals surface area contributed by atoms with Crippen molar-refractivity contribution in [2.45, 2.75) is 44.2 Å². The standard InChI is InChI=1S/C13H20N4O2S/c14-11-10(12(19)15-6-7-4-9(18)5-7)20-13(17-11)16-8-2-1-3-8/h7-9,18H,1-6,14H2,(H,15,19)(H,16,17). The van der Waals surface area contributed by atoms with E-state index in [1.807, 2.05) is 0 Å².